The average molecular weight is 134 g/mol. The first-order valence-electron chi connectivity index (χ1n) is 3.13. The Bertz CT molecular complexity index is 213. The fraction of sp³-hybridized carbons (Fsp3) is 0.125. The van der Waals surface area contributed by atoms with Crippen molar-refractivity contribution >= 4 is 5.82 Å². The second-order valence-electron chi connectivity index (χ2n) is 2.07. The molecule has 2 nitrogen and oxygen atoms in total. The summed E-state index contributed by atoms with van der Waals surface area (Å²) in [5.74, 6) is 0.834. The number of aromatic nitrogens is 1. The van der Waals surface area contributed by atoms with Gasteiger partial charge in [-0.2, -0.15) is 0 Å². The average Bonchev–Trinajstić information content (AvgIpc) is 1.95. The Kier molecular flexibility index (Phi) is 2.05. The van der Waals surface area contributed by atoms with Crippen LogP contribution < -0.4 is 5.32 Å². The molecule has 10 heavy (non-hydrogen) atoms. The quantitative estimate of drug-likeness (QED) is 0.668. The molecule has 1 heterocycles. The van der Waals surface area contributed by atoms with Crippen molar-refractivity contribution in [2.24, 2.45) is 0 Å². The number of anilines is 1. The minimum atomic E-state index is 0.834. The van der Waals surface area contributed by atoms with E-state index in [0.29, 0.717) is 0 Å². The lowest BCUT2D eigenvalue weighted by molar-refractivity contribution is 1.26. The Labute approximate surface area is 60.6 Å². The molecule has 0 saturated heterocycles. The number of hydrogen-bond donors (Lipinski definition) is 1. The van der Waals surface area contributed by atoms with E-state index in [9.17, 15) is 0 Å². The molecule has 0 saturated carbocycles. The highest BCUT2D eigenvalue weighted by atomic mass is 15.0. The van der Waals surface area contributed by atoms with E-state index in [1.54, 1.807) is 6.20 Å². The first-order chi connectivity index (χ1) is 4.83. The molecule has 0 aromatic carbocycles. The molecular weight excluding hydrogens is 124 g/mol. The summed E-state index contributed by atoms with van der Waals surface area (Å²) in [4.78, 5) is 4.09. The van der Waals surface area contributed by atoms with Crippen molar-refractivity contribution < 1.29 is 0 Å². The molecule has 0 unspecified atom stereocenters. The summed E-state index contributed by atoms with van der Waals surface area (Å²) in [5.41, 5.74) is 1.16. The summed E-state index contributed by atoms with van der Waals surface area (Å²) in [6, 6.07) is 3.91. The molecule has 1 aromatic rings. The summed E-state index contributed by atoms with van der Waals surface area (Å²) in [5, 5.41) is 2.89. The normalized spacial score (nSPS) is 8.90. The third-order valence-electron chi connectivity index (χ3n) is 1.16. The van der Waals surface area contributed by atoms with Crippen LogP contribution in [0.3, 0.4) is 0 Å². The maximum Gasteiger partial charge on any atom is 0.129 e. The van der Waals surface area contributed by atoms with Gasteiger partial charge in [0.25, 0.3) is 0 Å². The number of hydrogen-bond acceptors (Lipinski definition) is 2. The molecular formula is C8H10N2. The molecule has 1 rings (SSSR count). The largest absolute Gasteiger partial charge is 0.347 e. The van der Waals surface area contributed by atoms with E-state index >= 15 is 0 Å². The van der Waals surface area contributed by atoms with Gasteiger partial charge >= 0.3 is 0 Å². The number of nitrogens with one attached hydrogen (secondary N) is 1. The first kappa shape index (κ1) is 6.81. The van der Waals surface area contributed by atoms with Gasteiger partial charge in [0.1, 0.15) is 5.82 Å². The van der Waals surface area contributed by atoms with Crippen molar-refractivity contribution in [2.75, 3.05) is 5.32 Å². The second-order valence-corrected chi connectivity index (χ2v) is 2.07. The van der Waals surface area contributed by atoms with E-state index in [2.05, 4.69) is 16.9 Å². The smallest absolute Gasteiger partial charge is 0.129 e. The minimum absolute atomic E-state index is 0.834. The Morgan fingerprint density at radius 1 is 1.60 bits per heavy atom. The SMILES string of the molecule is C=CNc1ccc(C)cn1. The van der Waals surface area contributed by atoms with E-state index in [1.165, 1.54) is 0 Å². The third-order valence-corrected chi connectivity index (χ3v) is 1.16. The van der Waals surface area contributed by atoms with Crippen LogP contribution in [0.5, 0.6) is 0 Å². The van der Waals surface area contributed by atoms with Crippen LogP contribution in [0.1, 0.15) is 5.56 Å². The van der Waals surface area contributed by atoms with Gasteiger partial charge in [-0.05, 0) is 24.8 Å². The zero-order chi connectivity index (χ0) is 7.40. The lowest BCUT2D eigenvalue weighted by Gasteiger charge is -1.97. The van der Waals surface area contributed by atoms with Gasteiger partial charge in [0.15, 0.2) is 0 Å². The molecule has 0 aliphatic rings. The van der Waals surface area contributed by atoms with Crippen molar-refractivity contribution in [1.82, 2.24) is 4.98 Å². The molecule has 0 atom stereocenters. The molecule has 0 spiro atoms. The fourth-order valence-electron chi connectivity index (χ4n) is 0.658. The van der Waals surface area contributed by atoms with Gasteiger partial charge in [0, 0.05) is 6.20 Å². The summed E-state index contributed by atoms with van der Waals surface area (Å²) in [6.07, 6.45) is 3.42. The number of nitrogens with zero attached hydrogens (tertiary/aromatic N) is 1. The first-order valence-corrected chi connectivity index (χ1v) is 3.13. The molecule has 0 aliphatic heterocycles. The molecule has 0 aliphatic carbocycles. The van der Waals surface area contributed by atoms with Gasteiger partial charge in [-0.3, -0.25) is 0 Å². The lowest BCUT2D eigenvalue weighted by atomic mass is 10.3. The van der Waals surface area contributed by atoms with Crippen molar-refractivity contribution in [3.63, 3.8) is 0 Å². The molecule has 1 N–H and O–H groups in total. The lowest BCUT2D eigenvalue weighted by Crippen LogP contribution is -1.89. The van der Waals surface area contributed by atoms with Gasteiger partial charge in [0.2, 0.25) is 0 Å². The second kappa shape index (κ2) is 3.01. The predicted octanol–water partition coefficient (Wildman–Crippen LogP) is 1.95. The van der Waals surface area contributed by atoms with Crippen LogP contribution in [0.4, 0.5) is 5.82 Å². The zero-order valence-corrected chi connectivity index (χ0v) is 5.96. The van der Waals surface area contributed by atoms with Gasteiger partial charge in [-0.25, -0.2) is 4.98 Å². The van der Waals surface area contributed by atoms with Gasteiger partial charge in [0.05, 0.1) is 0 Å². The van der Waals surface area contributed by atoms with Crippen LogP contribution >= 0.6 is 0 Å². The van der Waals surface area contributed by atoms with Gasteiger partial charge < -0.3 is 5.32 Å². The maximum absolute atomic E-state index is 4.09. The van der Waals surface area contributed by atoms with Gasteiger partial charge in [-0.1, -0.05) is 12.6 Å². The number of rotatable bonds is 2. The summed E-state index contributed by atoms with van der Waals surface area (Å²) in [7, 11) is 0. The summed E-state index contributed by atoms with van der Waals surface area (Å²) in [6.45, 7) is 5.53. The zero-order valence-electron chi connectivity index (χ0n) is 5.96. The molecule has 1 aromatic heterocycles. The standard InChI is InChI=1S/C8H10N2/c1-3-9-8-5-4-7(2)6-10-8/h3-6H,1H2,2H3,(H,9,10). The Hall–Kier alpha value is -1.31. The van der Waals surface area contributed by atoms with E-state index < -0.39 is 0 Å². The van der Waals surface area contributed by atoms with Crippen LogP contribution in [-0.2, 0) is 0 Å². The van der Waals surface area contributed by atoms with Crippen molar-refractivity contribution in [2.45, 2.75) is 6.92 Å². The molecule has 0 fully saturated rings. The molecule has 0 bridgehead atoms. The number of aryl methyl sites for hydroxylation is 1. The van der Waals surface area contributed by atoms with E-state index in [1.807, 2.05) is 25.3 Å². The molecule has 2 heteroatoms. The highest BCUT2D eigenvalue weighted by Crippen LogP contribution is 2.02. The van der Waals surface area contributed by atoms with E-state index in [0.717, 1.165) is 11.4 Å². The predicted molar refractivity (Wildman–Crippen MR) is 42.8 cm³/mol. The van der Waals surface area contributed by atoms with E-state index in [4.69, 9.17) is 0 Å². The monoisotopic (exact) mass is 134 g/mol. The van der Waals surface area contributed by atoms with Crippen LogP contribution in [0.15, 0.2) is 31.1 Å². The van der Waals surface area contributed by atoms with Crippen molar-refractivity contribution in [3.05, 3.63) is 36.7 Å². The van der Waals surface area contributed by atoms with Crippen LogP contribution in [-0.4, -0.2) is 4.98 Å². The van der Waals surface area contributed by atoms with Crippen molar-refractivity contribution in [3.8, 4) is 0 Å². The number of pyridine rings is 1. The van der Waals surface area contributed by atoms with Crippen molar-refractivity contribution in [1.29, 1.82) is 0 Å². The highest BCUT2D eigenvalue weighted by Gasteiger charge is 1.86. The molecule has 0 radical (unpaired) electrons. The van der Waals surface area contributed by atoms with Crippen LogP contribution in [0.25, 0.3) is 0 Å². The maximum atomic E-state index is 4.09. The Morgan fingerprint density at radius 3 is 2.90 bits per heavy atom. The molecule has 52 valence electrons. The molecule has 0 amide bonds. The van der Waals surface area contributed by atoms with Gasteiger partial charge in [-0.15, -0.1) is 0 Å². The third kappa shape index (κ3) is 1.58. The Balaban J connectivity index is 2.78. The summed E-state index contributed by atoms with van der Waals surface area (Å²) >= 11 is 0. The fourth-order valence-corrected chi connectivity index (χ4v) is 0.658. The van der Waals surface area contributed by atoms with E-state index in [-0.39, 0.29) is 0 Å². The van der Waals surface area contributed by atoms with Crippen LogP contribution in [0, 0.1) is 6.92 Å². The summed E-state index contributed by atoms with van der Waals surface area (Å²) < 4.78 is 0. The topological polar surface area (TPSA) is 24.9 Å². The minimum Gasteiger partial charge on any atom is -0.347 e. The van der Waals surface area contributed by atoms with Crippen LogP contribution in [0.2, 0.25) is 0 Å². The Morgan fingerprint density at radius 2 is 2.40 bits per heavy atom. The highest BCUT2D eigenvalue weighted by molar-refractivity contribution is 5.37.